The van der Waals surface area contributed by atoms with Gasteiger partial charge in [-0.1, -0.05) is 12.1 Å². The first-order valence-corrected chi connectivity index (χ1v) is 7.95. The molecule has 1 aromatic rings. The number of piperidine rings is 1. The van der Waals surface area contributed by atoms with E-state index in [-0.39, 0.29) is 23.8 Å². The normalized spacial score (nSPS) is 17.5. The number of nitrogens with two attached hydrogens (primary N) is 1. The molecule has 0 bridgehead atoms. The molecule has 1 aromatic carbocycles. The van der Waals surface area contributed by atoms with Gasteiger partial charge in [0.2, 0.25) is 11.8 Å². The first-order valence-electron chi connectivity index (χ1n) is 7.95. The van der Waals surface area contributed by atoms with Crippen molar-refractivity contribution >= 4 is 11.8 Å². The minimum atomic E-state index is -0.235. The van der Waals surface area contributed by atoms with Crippen LogP contribution in [0.4, 0.5) is 0 Å². The number of primary amides is 1. The third-order valence-corrected chi connectivity index (χ3v) is 4.48. The van der Waals surface area contributed by atoms with Crippen molar-refractivity contribution < 1.29 is 14.3 Å². The predicted molar refractivity (Wildman–Crippen MR) is 87.8 cm³/mol. The molecule has 2 amide bonds. The lowest BCUT2D eigenvalue weighted by atomic mass is 9.95. The maximum atomic E-state index is 12.3. The van der Waals surface area contributed by atoms with Crippen LogP contribution in [0.3, 0.4) is 0 Å². The second-order valence-corrected chi connectivity index (χ2v) is 5.95. The Kier molecular flexibility index (Phi) is 5.98. The van der Waals surface area contributed by atoms with Crippen LogP contribution in [0.2, 0.25) is 0 Å². The summed E-state index contributed by atoms with van der Waals surface area (Å²) in [6.07, 6.45) is 1.46. The van der Waals surface area contributed by atoms with Crippen molar-refractivity contribution in [3.63, 3.8) is 0 Å². The Labute approximate surface area is 137 Å². The van der Waals surface area contributed by atoms with Gasteiger partial charge in [0.25, 0.3) is 0 Å². The molecule has 1 saturated heterocycles. The quantitative estimate of drug-likeness (QED) is 0.816. The van der Waals surface area contributed by atoms with E-state index in [1.807, 2.05) is 31.2 Å². The van der Waals surface area contributed by atoms with Gasteiger partial charge in [0.05, 0.1) is 13.2 Å². The zero-order valence-corrected chi connectivity index (χ0v) is 13.7. The van der Waals surface area contributed by atoms with Crippen molar-refractivity contribution in [2.45, 2.75) is 32.4 Å². The third-order valence-electron chi connectivity index (χ3n) is 4.48. The van der Waals surface area contributed by atoms with Crippen LogP contribution < -0.4 is 15.8 Å². The molecule has 1 heterocycles. The van der Waals surface area contributed by atoms with E-state index in [9.17, 15) is 9.59 Å². The number of carbonyl (C=O) groups is 2. The second kappa shape index (κ2) is 7.97. The summed E-state index contributed by atoms with van der Waals surface area (Å²) < 4.78 is 5.11. The molecule has 0 aromatic heterocycles. The van der Waals surface area contributed by atoms with E-state index in [0.717, 1.165) is 37.2 Å². The van der Waals surface area contributed by atoms with E-state index in [1.54, 1.807) is 7.11 Å². The van der Waals surface area contributed by atoms with Gasteiger partial charge in [-0.15, -0.1) is 0 Å². The molecule has 0 spiro atoms. The number of rotatable bonds is 6. The minimum Gasteiger partial charge on any atom is -0.497 e. The monoisotopic (exact) mass is 319 g/mol. The molecule has 0 aliphatic carbocycles. The number of hydrogen-bond acceptors (Lipinski definition) is 4. The highest BCUT2D eigenvalue weighted by atomic mass is 16.5. The molecule has 1 aliphatic heterocycles. The van der Waals surface area contributed by atoms with Crippen LogP contribution in [-0.4, -0.2) is 43.0 Å². The first kappa shape index (κ1) is 17.3. The molecule has 126 valence electrons. The topological polar surface area (TPSA) is 84.7 Å². The van der Waals surface area contributed by atoms with Crippen LogP contribution >= 0.6 is 0 Å². The van der Waals surface area contributed by atoms with Gasteiger partial charge in [-0.25, -0.2) is 0 Å². The molecule has 1 unspecified atom stereocenters. The van der Waals surface area contributed by atoms with Gasteiger partial charge in [-0.3, -0.25) is 14.5 Å². The molecule has 2 rings (SSSR count). The van der Waals surface area contributed by atoms with Gasteiger partial charge in [0.15, 0.2) is 0 Å². The first-order chi connectivity index (χ1) is 11.0. The minimum absolute atomic E-state index is 0.00153. The summed E-state index contributed by atoms with van der Waals surface area (Å²) in [5.41, 5.74) is 6.36. The van der Waals surface area contributed by atoms with Crippen molar-refractivity contribution in [2.75, 3.05) is 20.2 Å². The standard InChI is InChI=1S/C17H25N3O3/c1-12(20-9-7-14(8-10-20)16(18)21)17(22)19-11-13-3-5-15(23-2)6-4-13/h3-6,12,14H,7-11H2,1-2H3,(H2,18,21)(H,19,22). The number of amides is 2. The average Bonchev–Trinajstić information content (AvgIpc) is 2.59. The summed E-state index contributed by atoms with van der Waals surface area (Å²) in [7, 11) is 1.62. The summed E-state index contributed by atoms with van der Waals surface area (Å²) in [6.45, 7) is 3.84. The van der Waals surface area contributed by atoms with Crippen molar-refractivity contribution in [2.24, 2.45) is 11.7 Å². The molecule has 1 aliphatic rings. The fourth-order valence-corrected chi connectivity index (χ4v) is 2.82. The van der Waals surface area contributed by atoms with Gasteiger partial charge >= 0.3 is 0 Å². The van der Waals surface area contributed by atoms with Gasteiger partial charge < -0.3 is 15.8 Å². The van der Waals surface area contributed by atoms with Gasteiger partial charge in [0, 0.05) is 12.5 Å². The van der Waals surface area contributed by atoms with Gasteiger partial charge in [0.1, 0.15) is 5.75 Å². The van der Waals surface area contributed by atoms with Crippen LogP contribution in [0.25, 0.3) is 0 Å². The van der Waals surface area contributed by atoms with Crippen molar-refractivity contribution in [1.82, 2.24) is 10.2 Å². The maximum absolute atomic E-state index is 12.3. The third kappa shape index (κ3) is 4.69. The Bertz CT molecular complexity index is 537. The van der Waals surface area contributed by atoms with E-state index in [0.29, 0.717) is 6.54 Å². The Morgan fingerprint density at radius 1 is 1.30 bits per heavy atom. The number of likely N-dealkylation sites (tertiary alicyclic amines) is 1. The van der Waals surface area contributed by atoms with E-state index in [1.165, 1.54) is 0 Å². The summed E-state index contributed by atoms with van der Waals surface area (Å²) in [6, 6.07) is 7.41. The second-order valence-electron chi connectivity index (χ2n) is 5.95. The van der Waals surface area contributed by atoms with Gasteiger partial charge in [-0.05, 0) is 50.6 Å². The number of hydrogen-bond donors (Lipinski definition) is 2. The Hall–Kier alpha value is -2.08. The summed E-state index contributed by atoms with van der Waals surface area (Å²) in [5.74, 6) is 0.506. The molecule has 23 heavy (non-hydrogen) atoms. The van der Waals surface area contributed by atoms with E-state index in [2.05, 4.69) is 10.2 Å². The number of ether oxygens (including phenoxy) is 1. The number of nitrogens with one attached hydrogen (secondary N) is 1. The van der Waals surface area contributed by atoms with Crippen LogP contribution in [0.1, 0.15) is 25.3 Å². The highest BCUT2D eigenvalue weighted by molar-refractivity contribution is 5.81. The fourth-order valence-electron chi connectivity index (χ4n) is 2.82. The lowest BCUT2D eigenvalue weighted by molar-refractivity contribution is -0.127. The molecule has 6 nitrogen and oxygen atoms in total. The summed E-state index contributed by atoms with van der Waals surface area (Å²) in [4.78, 5) is 25.6. The zero-order valence-electron chi connectivity index (χ0n) is 13.7. The fraction of sp³-hybridized carbons (Fsp3) is 0.529. The predicted octanol–water partition coefficient (Wildman–Crippen LogP) is 0.897. The van der Waals surface area contributed by atoms with Crippen LogP contribution in [0.15, 0.2) is 24.3 Å². The van der Waals surface area contributed by atoms with Crippen molar-refractivity contribution in [3.05, 3.63) is 29.8 Å². The lowest BCUT2D eigenvalue weighted by Gasteiger charge is -2.34. The lowest BCUT2D eigenvalue weighted by Crippen LogP contribution is -2.49. The molecule has 0 saturated carbocycles. The zero-order chi connectivity index (χ0) is 16.8. The van der Waals surface area contributed by atoms with Crippen LogP contribution in [-0.2, 0) is 16.1 Å². The van der Waals surface area contributed by atoms with Crippen molar-refractivity contribution in [3.8, 4) is 5.75 Å². The smallest absolute Gasteiger partial charge is 0.237 e. The molecular formula is C17H25N3O3. The van der Waals surface area contributed by atoms with E-state index in [4.69, 9.17) is 10.5 Å². The number of benzene rings is 1. The molecule has 1 fully saturated rings. The number of methoxy groups -OCH3 is 1. The van der Waals surface area contributed by atoms with Crippen LogP contribution in [0, 0.1) is 5.92 Å². The SMILES string of the molecule is COc1ccc(CNC(=O)C(C)N2CCC(C(N)=O)CC2)cc1. The average molecular weight is 319 g/mol. The summed E-state index contributed by atoms with van der Waals surface area (Å²) in [5, 5.41) is 2.95. The molecule has 3 N–H and O–H groups in total. The Morgan fingerprint density at radius 2 is 1.91 bits per heavy atom. The van der Waals surface area contributed by atoms with Crippen molar-refractivity contribution in [1.29, 1.82) is 0 Å². The highest BCUT2D eigenvalue weighted by Crippen LogP contribution is 2.18. The molecular weight excluding hydrogens is 294 g/mol. The highest BCUT2D eigenvalue weighted by Gasteiger charge is 2.28. The largest absolute Gasteiger partial charge is 0.497 e. The maximum Gasteiger partial charge on any atom is 0.237 e. The Balaban J connectivity index is 1.79. The molecule has 1 atom stereocenters. The molecule has 0 radical (unpaired) electrons. The Morgan fingerprint density at radius 3 is 2.43 bits per heavy atom. The van der Waals surface area contributed by atoms with Gasteiger partial charge in [-0.2, -0.15) is 0 Å². The van der Waals surface area contributed by atoms with Crippen LogP contribution in [0.5, 0.6) is 5.75 Å². The number of carbonyl (C=O) groups excluding carboxylic acids is 2. The van der Waals surface area contributed by atoms with E-state index >= 15 is 0 Å². The summed E-state index contributed by atoms with van der Waals surface area (Å²) >= 11 is 0. The van der Waals surface area contributed by atoms with E-state index < -0.39 is 0 Å². The number of nitrogens with zero attached hydrogens (tertiary/aromatic N) is 1. The molecule has 6 heteroatoms.